The van der Waals surface area contributed by atoms with Crippen molar-refractivity contribution in [3.8, 4) is 0 Å². The average molecular weight is 500 g/mol. The summed E-state index contributed by atoms with van der Waals surface area (Å²) in [5.41, 5.74) is 0. The summed E-state index contributed by atoms with van der Waals surface area (Å²) in [6, 6.07) is 0. The van der Waals surface area contributed by atoms with Crippen LogP contribution in [0.25, 0.3) is 0 Å². The molecule has 14 heavy (non-hydrogen) atoms. The van der Waals surface area contributed by atoms with Crippen molar-refractivity contribution in [2.75, 3.05) is 0 Å². The van der Waals surface area contributed by atoms with Crippen LogP contribution in [-0.4, -0.2) is 0 Å². The van der Waals surface area contributed by atoms with E-state index in [4.69, 9.17) is 0 Å². The summed E-state index contributed by atoms with van der Waals surface area (Å²) in [4.78, 5) is 0. The van der Waals surface area contributed by atoms with Crippen LogP contribution in [0.15, 0.2) is 0 Å². The molecule has 1 unspecified atom stereocenters. The summed E-state index contributed by atoms with van der Waals surface area (Å²) in [6.07, 6.45) is 4.08. The quantitative estimate of drug-likeness (QED) is 0.513. The molecule has 4 heteroatoms. The van der Waals surface area contributed by atoms with E-state index < -0.39 is 0 Å². The van der Waals surface area contributed by atoms with Crippen LogP contribution in [0, 0.1) is 20.3 Å². The van der Waals surface area contributed by atoms with Gasteiger partial charge in [-0.25, -0.2) is 0 Å². The smallest absolute Gasteiger partial charge is 0 e. The van der Waals surface area contributed by atoms with Crippen molar-refractivity contribution >= 4 is 0 Å². The monoisotopic (exact) mass is 500 g/mol. The topological polar surface area (TPSA) is 0 Å². The van der Waals surface area contributed by atoms with Crippen LogP contribution in [0.1, 0.15) is 47.0 Å². The Morgan fingerprint density at radius 3 is 1.29 bits per heavy atom. The molecule has 0 saturated carbocycles. The molecule has 1 atom stereocenters. The maximum atomic E-state index is 3.25. The van der Waals surface area contributed by atoms with Crippen molar-refractivity contribution in [2.24, 2.45) is 5.92 Å². The largest absolute Gasteiger partial charge is 0.358 e. The van der Waals surface area contributed by atoms with E-state index in [1.165, 1.54) is 19.3 Å². The molecule has 0 amide bonds. The molecule has 0 aromatic carbocycles. The van der Waals surface area contributed by atoms with Gasteiger partial charge in [-0.3, -0.25) is 0 Å². The fourth-order valence-electron chi connectivity index (χ4n) is 0.697. The molecule has 78 valence electrons. The maximum absolute atomic E-state index is 3.25. The zero-order valence-electron chi connectivity index (χ0n) is 10.7. The molecular weight excluding hydrogens is 476 g/mol. The molecule has 0 aromatic heterocycles. The van der Waals surface area contributed by atoms with Gasteiger partial charge in [-0.15, -0.1) is 0 Å². The molecule has 0 aliphatic heterocycles. The van der Waals surface area contributed by atoms with Crippen molar-refractivity contribution in [3.63, 3.8) is 0 Å². The van der Waals surface area contributed by atoms with Crippen LogP contribution in [0.5, 0.6) is 0 Å². The summed E-state index contributed by atoms with van der Waals surface area (Å²) in [7, 11) is 0. The molecule has 0 aromatic rings. The Morgan fingerprint density at radius 2 is 1.21 bits per heavy atom. The summed E-state index contributed by atoms with van der Waals surface area (Å²) >= 11 is 0. The van der Waals surface area contributed by atoms with Crippen LogP contribution in [-0.2, 0) is 131 Å². The first-order chi connectivity index (χ1) is 4.31. The van der Waals surface area contributed by atoms with Crippen LogP contribution < -0.4 is 0 Å². The average Bonchev–Trinajstić information content (AvgIpc) is 1.93. The summed E-state index contributed by atoms with van der Waals surface area (Å²) in [6.45, 7) is 11.8. The van der Waals surface area contributed by atoms with Crippen LogP contribution >= 0.6 is 0 Å². The van der Waals surface area contributed by atoms with Gasteiger partial charge in [0.05, 0.1) is 0 Å². The van der Waals surface area contributed by atoms with E-state index in [1.54, 1.807) is 6.92 Å². The Kier molecular flexibility index (Phi) is 132. The van der Waals surface area contributed by atoms with Crippen molar-refractivity contribution in [1.29, 1.82) is 0 Å². The number of hydrogen-bond acceptors (Lipinski definition) is 0. The maximum Gasteiger partial charge on any atom is 0 e. The minimum absolute atomic E-state index is 0. The Morgan fingerprint density at radius 1 is 0.929 bits per heavy atom. The predicted molar refractivity (Wildman–Crippen MR) is 51.8 cm³/mol. The standard InChI is InChI=1S/C7H16.C2H5.CH3.4Y/c1-4-6-7(3)5-2;1-2;;;;;/h7H,4-6H2,1-3H3;1H2,2H3;1H3;;;;/q;2*-1;;;;. The summed E-state index contributed by atoms with van der Waals surface area (Å²) < 4.78 is 0. The minimum atomic E-state index is 0. The predicted octanol–water partition coefficient (Wildman–Crippen LogP) is 4.11. The van der Waals surface area contributed by atoms with E-state index >= 15 is 0 Å². The van der Waals surface area contributed by atoms with E-state index in [1.807, 2.05) is 0 Å². The Balaban J connectivity index is -0.0000000132. The molecule has 0 nitrogen and oxygen atoms in total. The van der Waals surface area contributed by atoms with Gasteiger partial charge in [-0.2, -0.15) is 6.92 Å². The van der Waals surface area contributed by atoms with Gasteiger partial charge < -0.3 is 14.4 Å². The van der Waals surface area contributed by atoms with Gasteiger partial charge >= 0.3 is 0 Å². The van der Waals surface area contributed by atoms with Crippen LogP contribution in [0.4, 0.5) is 0 Å². The van der Waals surface area contributed by atoms with Crippen molar-refractivity contribution < 1.29 is 131 Å². The van der Waals surface area contributed by atoms with Crippen molar-refractivity contribution in [1.82, 2.24) is 0 Å². The second-order valence-corrected chi connectivity index (χ2v) is 2.30. The first-order valence-electron chi connectivity index (χ1n) is 4.02. The zero-order chi connectivity index (χ0) is 7.70. The second kappa shape index (κ2) is 43.3. The third-order valence-corrected chi connectivity index (χ3v) is 1.48. The second-order valence-electron chi connectivity index (χ2n) is 2.30. The van der Waals surface area contributed by atoms with E-state index in [-0.39, 0.29) is 138 Å². The van der Waals surface area contributed by atoms with Gasteiger partial charge in [0.1, 0.15) is 0 Å². The fraction of sp³-hybridized carbons (Fsp3) is 0.800. The third kappa shape index (κ3) is 44.0. The van der Waals surface area contributed by atoms with Gasteiger partial charge in [0.2, 0.25) is 0 Å². The van der Waals surface area contributed by atoms with Crippen molar-refractivity contribution in [3.05, 3.63) is 14.4 Å². The molecule has 0 spiro atoms. The Hall–Kier alpha value is 4.42. The Labute approximate surface area is 194 Å². The van der Waals surface area contributed by atoms with Crippen LogP contribution in [0.3, 0.4) is 0 Å². The molecule has 0 rings (SSSR count). The molecule has 4 radical (unpaired) electrons. The normalized spacial score (nSPS) is 7.50. The van der Waals surface area contributed by atoms with Gasteiger partial charge in [0.15, 0.2) is 0 Å². The molecule has 0 fully saturated rings. The first kappa shape index (κ1) is 42.9. The third-order valence-electron chi connectivity index (χ3n) is 1.48. The van der Waals surface area contributed by atoms with E-state index in [0.29, 0.717) is 0 Å². The number of hydrogen-bond donors (Lipinski definition) is 0. The van der Waals surface area contributed by atoms with Gasteiger partial charge in [0.25, 0.3) is 0 Å². The van der Waals surface area contributed by atoms with Gasteiger partial charge in [-0.05, 0) is 5.92 Å². The summed E-state index contributed by atoms with van der Waals surface area (Å²) in [5, 5.41) is 0. The Bertz CT molecular complexity index is 43.1. The van der Waals surface area contributed by atoms with Crippen molar-refractivity contribution in [2.45, 2.75) is 47.0 Å². The molecule has 0 aliphatic rings. The fourth-order valence-corrected chi connectivity index (χ4v) is 0.697. The molecule has 0 saturated heterocycles. The SMILES string of the molecule is CCCC(C)CC.[CH2-]C.[CH3-].[Y].[Y].[Y].[Y]. The molecule has 0 bridgehead atoms. The molecular formula is C10H24Y4-2. The van der Waals surface area contributed by atoms with E-state index in [9.17, 15) is 0 Å². The first-order valence-corrected chi connectivity index (χ1v) is 4.02. The van der Waals surface area contributed by atoms with Crippen LogP contribution in [0.2, 0.25) is 0 Å². The number of rotatable bonds is 3. The zero-order valence-corrected chi connectivity index (χ0v) is 22.1. The molecule has 0 aliphatic carbocycles. The van der Waals surface area contributed by atoms with E-state index in [2.05, 4.69) is 27.7 Å². The molecule has 0 N–H and O–H groups in total. The van der Waals surface area contributed by atoms with Gasteiger partial charge in [0, 0.05) is 131 Å². The van der Waals surface area contributed by atoms with E-state index in [0.717, 1.165) is 5.92 Å². The van der Waals surface area contributed by atoms with Gasteiger partial charge in [-0.1, -0.05) is 40.0 Å². The summed E-state index contributed by atoms with van der Waals surface area (Å²) in [5.74, 6) is 0.949. The molecule has 0 heterocycles. The minimum Gasteiger partial charge on any atom is -0.358 e.